The number of nitrogens with one attached hydrogen (secondary N) is 2. The number of hydrogen-bond acceptors (Lipinski definition) is 2. The molecule has 0 spiro atoms. The molecular formula is C22H22N2OS. The quantitative estimate of drug-likeness (QED) is 0.604. The van der Waals surface area contributed by atoms with Gasteiger partial charge in [0.1, 0.15) is 0 Å². The van der Waals surface area contributed by atoms with Crippen molar-refractivity contribution in [3.05, 3.63) is 77.9 Å². The molecule has 0 fully saturated rings. The van der Waals surface area contributed by atoms with E-state index in [-0.39, 0.29) is 5.91 Å². The first-order valence-corrected chi connectivity index (χ1v) is 9.20. The maximum absolute atomic E-state index is 12.7. The second kappa shape index (κ2) is 8.11. The third-order valence-corrected chi connectivity index (χ3v) is 4.82. The van der Waals surface area contributed by atoms with Gasteiger partial charge in [0.15, 0.2) is 5.11 Å². The van der Waals surface area contributed by atoms with E-state index < -0.39 is 0 Å². The Hall–Kier alpha value is -2.72. The van der Waals surface area contributed by atoms with Crippen LogP contribution in [0.15, 0.2) is 66.7 Å². The molecule has 26 heavy (non-hydrogen) atoms. The van der Waals surface area contributed by atoms with E-state index in [1.807, 2.05) is 60.7 Å². The number of anilines is 1. The molecule has 132 valence electrons. The minimum Gasteiger partial charge on any atom is -0.332 e. The topological polar surface area (TPSA) is 41.1 Å². The highest BCUT2D eigenvalue weighted by Gasteiger charge is 2.13. The van der Waals surface area contributed by atoms with Gasteiger partial charge in [-0.2, -0.15) is 0 Å². The van der Waals surface area contributed by atoms with Crippen LogP contribution >= 0.6 is 12.2 Å². The van der Waals surface area contributed by atoms with Crippen molar-refractivity contribution in [3.63, 3.8) is 0 Å². The van der Waals surface area contributed by atoms with Gasteiger partial charge in [-0.25, -0.2) is 0 Å². The van der Waals surface area contributed by atoms with Crippen molar-refractivity contribution in [3.8, 4) is 0 Å². The highest BCUT2D eigenvalue weighted by molar-refractivity contribution is 7.80. The van der Waals surface area contributed by atoms with Crippen LogP contribution in [-0.2, 0) is 0 Å². The smallest absolute Gasteiger partial charge is 0.258 e. The molecule has 3 aromatic carbocycles. The van der Waals surface area contributed by atoms with Crippen molar-refractivity contribution >= 4 is 39.7 Å². The molecule has 0 aliphatic rings. The highest BCUT2D eigenvalue weighted by atomic mass is 32.1. The molecular weight excluding hydrogens is 340 g/mol. The number of carbonyl (C=O) groups excluding carboxylic acids is 1. The second-order valence-electron chi connectivity index (χ2n) is 6.33. The van der Waals surface area contributed by atoms with Crippen LogP contribution in [0.2, 0.25) is 0 Å². The first kappa shape index (κ1) is 18.1. The molecule has 1 amide bonds. The first-order valence-electron chi connectivity index (χ1n) is 8.79. The van der Waals surface area contributed by atoms with Crippen molar-refractivity contribution in [2.24, 2.45) is 0 Å². The fourth-order valence-electron chi connectivity index (χ4n) is 3.01. The monoisotopic (exact) mass is 362 g/mol. The summed E-state index contributed by atoms with van der Waals surface area (Å²) in [5.41, 5.74) is 2.74. The summed E-state index contributed by atoms with van der Waals surface area (Å²) in [5, 5.41) is 8.22. The van der Waals surface area contributed by atoms with E-state index in [1.54, 1.807) is 0 Å². The number of benzene rings is 3. The van der Waals surface area contributed by atoms with Gasteiger partial charge < -0.3 is 5.32 Å². The number of thiocarbonyl (C=S) groups is 1. The highest BCUT2D eigenvalue weighted by Crippen LogP contribution is 2.26. The number of carbonyl (C=O) groups is 1. The zero-order valence-electron chi connectivity index (χ0n) is 15.0. The molecule has 0 aromatic heterocycles. The molecule has 3 aromatic rings. The van der Waals surface area contributed by atoms with Gasteiger partial charge in [0, 0.05) is 11.3 Å². The Morgan fingerprint density at radius 2 is 1.69 bits per heavy atom. The van der Waals surface area contributed by atoms with Crippen LogP contribution in [0, 0.1) is 0 Å². The SMILES string of the molecule is CC[C@@H](C)c1ccccc1NC(=S)NC(=O)c1cccc2ccccc12. The zero-order chi connectivity index (χ0) is 18.5. The van der Waals surface area contributed by atoms with E-state index in [9.17, 15) is 4.79 Å². The van der Waals surface area contributed by atoms with Gasteiger partial charge in [-0.15, -0.1) is 0 Å². The average Bonchev–Trinajstić information content (AvgIpc) is 2.67. The lowest BCUT2D eigenvalue weighted by atomic mass is 9.97. The summed E-state index contributed by atoms with van der Waals surface area (Å²) in [6.07, 6.45) is 1.04. The molecule has 0 aliphatic heterocycles. The molecule has 0 saturated carbocycles. The van der Waals surface area contributed by atoms with Gasteiger partial charge >= 0.3 is 0 Å². The van der Waals surface area contributed by atoms with Crippen LogP contribution in [0.1, 0.15) is 42.1 Å². The van der Waals surface area contributed by atoms with E-state index in [0.29, 0.717) is 16.6 Å². The van der Waals surface area contributed by atoms with Crippen molar-refractivity contribution in [2.75, 3.05) is 5.32 Å². The van der Waals surface area contributed by atoms with E-state index in [1.165, 1.54) is 5.56 Å². The Morgan fingerprint density at radius 1 is 1.00 bits per heavy atom. The van der Waals surface area contributed by atoms with Gasteiger partial charge in [0.25, 0.3) is 5.91 Å². The van der Waals surface area contributed by atoms with Gasteiger partial charge in [0.05, 0.1) is 0 Å². The van der Waals surface area contributed by atoms with Crippen molar-refractivity contribution in [1.82, 2.24) is 5.32 Å². The standard InChI is InChI=1S/C22H22N2OS/c1-3-15(2)17-11-6-7-14-20(17)23-22(26)24-21(25)19-13-8-10-16-9-4-5-12-18(16)19/h4-15H,3H2,1-2H3,(H2,23,24,25,26)/t15-/m1/s1. The number of rotatable bonds is 4. The number of fused-ring (bicyclic) bond motifs is 1. The van der Waals surface area contributed by atoms with Gasteiger partial charge in [-0.05, 0) is 53.0 Å². The zero-order valence-corrected chi connectivity index (χ0v) is 15.8. The Kier molecular flexibility index (Phi) is 5.64. The van der Waals surface area contributed by atoms with E-state index >= 15 is 0 Å². The third kappa shape index (κ3) is 3.92. The lowest BCUT2D eigenvalue weighted by Gasteiger charge is -2.17. The number of hydrogen-bond donors (Lipinski definition) is 2. The minimum absolute atomic E-state index is 0.208. The summed E-state index contributed by atoms with van der Waals surface area (Å²) >= 11 is 5.37. The van der Waals surface area contributed by atoms with E-state index in [4.69, 9.17) is 12.2 Å². The van der Waals surface area contributed by atoms with Crippen LogP contribution in [0.4, 0.5) is 5.69 Å². The summed E-state index contributed by atoms with van der Waals surface area (Å²) < 4.78 is 0. The third-order valence-electron chi connectivity index (χ3n) is 4.61. The van der Waals surface area contributed by atoms with Crippen LogP contribution in [0.5, 0.6) is 0 Å². The minimum atomic E-state index is -0.208. The van der Waals surface area contributed by atoms with Crippen molar-refractivity contribution in [1.29, 1.82) is 0 Å². The van der Waals surface area contributed by atoms with Gasteiger partial charge in [0.2, 0.25) is 0 Å². The van der Waals surface area contributed by atoms with Crippen molar-refractivity contribution < 1.29 is 4.79 Å². The van der Waals surface area contributed by atoms with Crippen LogP contribution in [0.3, 0.4) is 0 Å². The van der Waals surface area contributed by atoms with Crippen LogP contribution in [0.25, 0.3) is 10.8 Å². The summed E-state index contributed by atoms with van der Waals surface area (Å²) in [6, 6.07) is 21.6. The fourth-order valence-corrected chi connectivity index (χ4v) is 3.21. The molecule has 0 bridgehead atoms. The van der Waals surface area contributed by atoms with Crippen molar-refractivity contribution in [2.45, 2.75) is 26.2 Å². The molecule has 1 atom stereocenters. The first-order chi connectivity index (χ1) is 12.6. The fraction of sp³-hybridized carbons (Fsp3) is 0.182. The Labute approximate surface area is 159 Å². The second-order valence-corrected chi connectivity index (χ2v) is 6.74. The molecule has 0 heterocycles. The molecule has 0 unspecified atom stereocenters. The molecule has 0 radical (unpaired) electrons. The lowest BCUT2D eigenvalue weighted by Crippen LogP contribution is -2.34. The van der Waals surface area contributed by atoms with Crippen LogP contribution < -0.4 is 10.6 Å². The van der Waals surface area contributed by atoms with Gasteiger partial charge in [-0.1, -0.05) is 68.4 Å². The summed E-state index contributed by atoms with van der Waals surface area (Å²) in [5.74, 6) is 0.204. The predicted molar refractivity (Wildman–Crippen MR) is 113 cm³/mol. The Morgan fingerprint density at radius 3 is 2.50 bits per heavy atom. The number of amides is 1. The van der Waals surface area contributed by atoms with E-state index in [2.05, 4.69) is 30.5 Å². The predicted octanol–water partition coefficient (Wildman–Crippen LogP) is 5.48. The normalized spacial score (nSPS) is 11.8. The molecule has 4 heteroatoms. The summed E-state index contributed by atoms with van der Waals surface area (Å²) in [4.78, 5) is 12.7. The molecule has 0 saturated heterocycles. The lowest BCUT2D eigenvalue weighted by molar-refractivity contribution is 0.0979. The number of para-hydroxylation sites is 1. The maximum Gasteiger partial charge on any atom is 0.258 e. The van der Waals surface area contributed by atoms with E-state index in [0.717, 1.165) is 22.9 Å². The maximum atomic E-state index is 12.7. The van der Waals surface area contributed by atoms with Crippen LogP contribution in [-0.4, -0.2) is 11.0 Å². The molecule has 3 nitrogen and oxygen atoms in total. The Balaban J connectivity index is 1.77. The summed E-state index contributed by atoms with van der Waals surface area (Å²) in [6.45, 7) is 4.33. The largest absolute Gasteiger partial charge is 0.332 e. The Bertz CT molecular complexity index is 946. The molecule has 2 N–H and O–H groups in total. The average molecular weight is 362 g/mol. The summed E-state index contributed by atoms with van der Waals surface area (Å²) in [7, 11) is 0. The molecule has 3 rings (SSSR count). The molecule has 0 aliphatic carbocycles. The van der Waals surface area contributed by atoms with Gasteiger partial charge in [-0.3, -0.25) is 10.1 Å².